The highest BCUT2D eigenvalue weighted by Crippen LogP contribution is 2.45. The Bertz CT molecular complexity index is 779. The Kier molecular flexibility index (Phi) is 6.10. The van der Waals surface area contributed by atoms with Crippen LogP contribution in [0.2, 0.25) is 0 Å². The summed E-state index contributed by atoms with van der Waals surface area (Å²) in [5, 5.41) is 20.6. The van der Waals surface area contributed by atoms with Crippen molar-refractivity contribution in [3.8, 4) is 0 Å². The van der Waals surface area contributed by atoms with Crippen molar-refractivity contribution < 1.29 is 13.5 Å². The van der Waals surface area contributed by atoms with Gasteiger partial charge < -0.3 is 20.9 Å². The van der Waals surface area contributed by atoms with Crippen molar-refractivity contribution in [3.05, 3.63) is 47.0 Å². The highest BCUT2D eigenvalue weighted by Gasteiger charge is 2.46. The van der Waals surface area contributed by atoms with Crippen molar-refractivity contribution in [2.75, 3.05) is 19.7 Å². The number of ether oxygens (including phenoxy) is 1. The van der Waals surface area contributed by atoms with Gasteiger partial charge in [0, 0.05) is 24.2 Å². The molecule has 1 saturated carbocycles. The predicted octanol–water partition coefficient (Wildman–Crippen LogP) is 4.34. The van der Waals surface area contributed by atoms with Crippen molar-refractivity contribution in [3.63, 3.8) is 0 Å². The Morgan fingerprint density at radius 2 is 2.00 bits per heavy atom. The first kappa shape index (κ1) is 20.8. The lowest BCUT2D eigenvalue weighted by molar-refractivity contribution is -0.0314. The minimum absolute atomic E-state index is 0.0762. The predicted molar refractivity (Wildman–Crippen MR) is 107 cm³/mol. The van der Waals surface area contributed by atoms with Crippen molar-refractivity contribution in [2.24, 2.45) is 17.3 Å². The highest BCUT2D eigenvalue weighted by atomic mass is 19.1. The molecule has 2 aliphatic rings. The van der Waals surface area contributed by atoms with Gasteiger partial charge in [0.2, 0.25) is 0 Å². The fourth-order valence-corrected chi connectivity index (χ4v) is 4.40. The topological polar surface area (TPSA) is 69.0 Å². The maximum absolute atomic E-state index is 14.2. The van der Waals surface area contributed by atoms with Crippen molar-refractivity contribution >= 4 is 11.4 Å². The van der Waals surface area contributed by atoms with Gasteiger partial charge in [-0.25, -0.2) is 8.78 Å². The third-order valence-electron chi connectivity index (χ3n) is 6.21. The summed E-state index contributed by atoms with van der Waals surface area (Å²) in [4.78, 5) is 0. The molecule has 2 fully saturated rings. The van der Waals surface area contributed by atoms with Gasteiger partial charge in [0.25, 0.3) is 0 Å². The molecular weight excluding hydrogens is 360 g/mol. The van der Waals surface area contributed by atoms with E-state index in [1.165, 1.54) is 12.1 Å². The molecule has 28 heavy (non-hydrogen) atoms. The van der Waals surface area contributed by atoms with E-state index in [1.807, 2.05) is 6.92 Å². The highest BCUT2D eigenvalue weighted by molar-refractivity contribution is 6.14. The summed E-state index contributed by atoms with van der Waals surface area (Å²) in [6, 6.07) is 3.60. The molecular formula is C22H29F2N3O. The second-order valence-electron chi connectivity index (χ2n) is 8.36. The summed E-state index contributed by atoms with van der Waals surface area (Å²) in [6.07, 6.45) is 3.06. The SMILES string of the molecule is CC(C)[C@H]1CC[C@](C)([C@@H]2CNCCO2)C(=N)/C1=C\C(=N)c1c(F)cccc1F. The van der Waals surface area contributed by atoms with E-state index in [2.05, 4.69) is 19.2 Å². The van der Waals surface area contributed by atoms with Crippen molar-refractivity contribution in [1.82, 2.24) is 5.32 Å². The van der Waals surface area contributed by atoms with Gasteiger partial charge in [-0.2, -0.15) is 0 Å². The number of benzene rings is 1. The van der Waals surface area contributed by atoms with Crippen molar-refractivity contribution in [2.45, 2.75) is 39.7 Å². The van der Waals surface area contributed by atoms with Gasteiger partial charge in [-0.15, -0.1) is 0 Å². The van der Waals surface area contributed by atoms with Crippen LogP contribution in [-0.2, 0) is 4.74 Å². The van der Waals surface area contributed by atoms with Gasteiger partial charge in [0.15, 0.2) is 0 Å². The first-order valence-corrected chi connectivity index (χ1v) is 9.92. The summed E-state index contributed by atoms with van der Waals surface area (Å²) < 4.78 is 34.3. The molecule has 0 spiro atoms. The molecule has 0 aromatic heterocycles. The standard InChI is InChI=1S/C22H29F2N3O/c1-13(2)14-7-8-22(3,19-12-27-9-10-28-19)21(26)15(14)11-18(25)20-16(23)5-4-6-17(20)24/h4-6,11,13-14,19,25-27H,7-10,12H2,1-3H3/b15-11-,25-18?,26-21?/t14-,19+,22-/m1/s1. The zero-order valence-electron chi connectivity index (χ0n) is 16.7. The van der Waals surface area contributed by atoms with Crippen LogP contribution in [0.1, 0.15) is 39.2 Å². The molecule has 3 atom stereocenters. The third-order valence-corrected chi connectivity index (χ3v) is 6.21. The monoisotopic (exact) mass is 389 g/mol. The van der Waals surface area contributed by atoms with Gasteiger partial charge in [-0.3, -0.25) is 0 Å². The maximum atomic E-state index is 14.2. The van der Waals surface area contributed by atoms with Gasteiger partial charge in [0.1, 0.15) is 11.6 Å². The molecule has 0 radical (unpaired) electrons. The molecule has 3 rings (SSSR count). The summed E-state index contributed by atoms with van der Waals surface area (Å²) in [5.74, 6) is -1.17. The molecule has 1 aliphatic heterocycles. The molecule has 1 aliphatic carbocycles. The number of allylic oxidation sites excluding steroid dienone is 2. The van der Waals surface area contributed by atoms with E-state index in [-0.39, 0.29) is 29.2 Å². The summed E-state index contributed by atoms with van der Waals surface area (Å²) in [7, 11) is 0. The van der Waals surface area contributed by atoms with Crippen LogP contribution in [0.25, 0.3) is 0 Å². The van der Waals surface area contributed by atoms with Crippen LogP contribution in [0.4, 0.5) is 8.78 Å². The van der Waals surface area contributed by atoms with E-state index in [4.69, 9.17) is 15.6 Å². The Morgan fingerprint density at radius 1 is 1.32 bits per heavy atom. The number of halogens is 2. The van der Waals surface area contributed by atoms with E-state index >= 15 is 0 Å². The van der Waals surface area contributed by atoms with Crippen LogP contribution in [0, 0.1) is 39.7 Å². The Hall–Kier alpha value is -1.92. The average molecular weight is 389 g/mol. The van der Waals surface area contributed by atoms with Crippen LogP contribution in [0.3, 0.4) is 0 Å². The minimum Gasteiger partial charge on any atom is -0.375 e. The fraction of sp³-hybridized carbons (Fsp3) is 0.545. The molecule has 152 valence electrons. The Labute approximate surface area is 165 Å². The number of hydrogen-bond acceptors (Lipinski definition) is 4. The zero-order chi connectivity index (χ0) is 20.5. The number of nitrogens with one attached hydrogen (secondary N) is 3. The lowest BCUT2D eigenvalue weighted by atomic mass is 9.62. The lowest BCUT2D eigenvalue weighted by Gasteiger charge is -2.46. The maximum Gasteiger partial charge on any atom is 0.135 e. The van der Waals surface area contributed by atoms with Crippen LogP contribution in [0.5, 0.6) is 0 Å². The first-order valence-electron chi connectivity index (χ1n) is 9.92. The van der Waals surface area contributed by atoms with E-state index < -0.39 is 17.0 Å². The van der Waals surface area contributed by atoms with Crippen LogP contribution < -0.4 is 5.32 Å². The fourth-order valence-electron chi connectivity index (χ4n) is 4.40. The van der Waals surface area contributed by atoms with E-state index in [1.54, 1.807) is 0 Å². The normalized spacial score (nSPS) is 30.1. The molecule has 6 heteroatoms. The molecule has 0 unspecified atom stereocenters. The summed E-state index contributed by atoms with van der Waals surface area (Å²) in [5.41, 5.74) is 0.0675. The Morgan fingerprint density at radius 3 is 2.57 bits per heavy atom. The first-order chi connectivity index (χ1) is 13.3. The van der Waals surface area contributed by atoms with Gasteiger partial charge in [-0.1, -0.05) is 26.8 Å². The smallest absolute Gasteiger partial charge is 0.135 e. The van der Waals surface area contributed by atoms with Crippen LogP contribution in [0.15, 0.2) is 29.8 Å². The molecule has 1 aromatic rings. The molecule has 1 heterocycles. The average Bonchev–Trinajstić information content (AvgIpc) is 2.66. The number of rotatable bonds is 4. The van der Waals surface area contributed by atoms with Gasteiger partial charge >= 0.3 is 0 Å². The van der Waals surface area contributed by atoms with Crippen LogP contribution >= 0.6 is 0 Å². The minimum atomic E-state index is -0.757. The quantitative estimate of drug-likeness (QED) is 0.671. The molecule has 0 bridgehead atoms. The molecule has 1 saturated heterocycles. The van der Waals surface area contributed by atoms with E-state index in [0.29, 0.717) is 24.4 Å². The van der Waals surface area contributed by atoms with Crippen LogP contribution in [-0.4, -0.2) is 37.2 Å². The second-order valence-corrected chi connectivity index (χ2v) is 8.36. The Balaban J connectivity index is 1.99. The van der Waals surface area contributed by atoms with Crippen molar-refractivity contribution in [1.29, 1.82) is 10.8 Å². The number of hydrogen-bond donors (Lipinski definition) is 3. The lowest BCUT2D eigenvalue weighted by Crippen LogP contribution is -2.53. The molecule has 4 nitrogen and oxygen atoms in total. The molecule has 1 aromatic carbocycles. The molecule has 0 amide bonds. The summed E-state index contributed by atoms with van der Waals surface area (Å²) in [6.45, 7) is 8.29. The van der Waals surface area contributed by atoms with E-state index in [0.717, 1.165) is 31.5 Å². The van der Waals surface area contributed by atoms with Gasteiger partial charge in [-0.05, 0) is 48.5 Å². The molecule has 3 N–H and O–H groups in total. The number of morpholine rings is 1. The second kappa shape index (κ2) is 8.21. The summed E-state index contributed by atoms with van der Waals surface area (Å²) >= 11 is 0. The van der Waals surface area contributed by atoms with Gasteiger partial charge in [0.05, 0.1) is 24.0 Å². The largest absolute Gasteiger partial charge is 0.375 e. The zero-order valence-corrected chi connectivity index (χ0v) is 16.7. The van der Waals surface area contributed by atoms with E-state index in [9.17, 15) is 8.78 Å². The third kappa shape index (κ3) is 3.80.